The van der Waals surface area contributed by atoms with Crippen LogP contribution in [0.2, 0.25) is 0 Å². The summed E-state index contributed by atoms with van der Waals surface area (Å²) in [7, 11) is 2.00. The second kappa shape index (κ2) is 7.86. The minimum Gasteiger partial charge on any atom is -0.374 e. The second-order valence-electron chi connectivity index (χ2n) is 5.86. The van der Waals surface area contributed by atoms with E-state index >= 15 is 0 Å². The Bertz CT molecular complexity index is 681. The highest BCUT2D eigenvalue weighted by molar-refractivity contribution is 5.35. The Morgan fingerprint density at radius 2 is 2.38 bits per heavy atom. The van der Waals surface area contributed by atoms with Gasteiger partial charge in [0.25, 0.3) is 0 Å². The molecule has 126 valence electrons. The highest BCUT2D eigenvalue weighted by Gasteiger charge is 2.22. The number of nitrogens with zero attached hydrogens (tertiary/aromatic N) is 7. The summed E-state index contributed by atoms with van der Waals surface area (Å²) in [6.07, 6.45) is 5.18. The van der Waals surface area contributed by atoms with Gasteiger partial charge >= 0.3 is 0 Å². The summed E-state index contributed by atoms with van der Waals surface area (Å²) in [4.78, 5) is 4.43. The Labute approximate surface area is 141 Å². The lowest BCUT2D eigenvalue weighted by molar-refractivity contribution is -0.0247. The monoisotopic (exact) mass is 327 g/mol. The molecular formula is C16H21N7O. The summed E-state index contributed by atoms with van der Waals surface area (Å²) in [5, 5.41) is 21.1. The third-order valence-corrected chi connectivity index (χ3v) is 4.06. The summed E-state index contributed by atoms with van der Waals surface area (Å²) in [5.74, 6) is 0.846. The normalized spacial score (nSPS) is 18.2. The molecule has 1 aliphatic rings. The molecule has 1 aliphatic heterocycles. The van der Waals surface area contributed by atoms with Crippen molar-refractivity contribution < 1.29 is 4.74 Å². The molecule has 0 amide bonds. The average Bonchev–Trinajstić information content (AvgIpc) is 3.09. The molecule has 24 heavy (non-hydrogen) atoms. The minimum atomic E-state index is 0.137. The van der Waals surface area contributed by atoms with E-state index in [-0.39, 0.29) is 6.10 Å². The molecule has 2 aromatic rings. The van der Waals surface area contributed by atoms with E-state index in [1.807, 2.05) is 23.9 Å². The van der Waals surface area contributed by atoms with Crippen molar-refractivity contribution in [1.82, 2.24) is 24.9 Å². The molecule has 0 aliphatic carbocycles. The number of rotatable bonds is 6. The number of nitriles is 1. The van der Waals surface area contributed by atoms with Crippen LogP contribution in [0.25, 0.3) is 0 Å². The summed E-state index contributed by atoms with van der Waals surface area (Å²) in [5.41, 5.74) is 0.598. The molecule has 1 fully saturated rings. The lowest BCUT2D eigenvalue weighted by Crippen LogP contribution is -2.48. The number of hydrogen-bond donors (Lipinski definition) is 0. The highest BCUT2D eigenvalue weighted by Crippen LogP contribution is 2.11. The lowest BCUT2D eigenvalue weighted by Gasteiger charge is -2.34. The summed E-state index contributed by atoms with van der Waals surface area (Å²) in [6, 6.07) is 5.92. The number of ether oxygens (including phenoxy) is 1. The van der Waals surface area contributed by atoms with Gasteiger partial charge in [-0.05, 0) is 12.1 Å². The molecule has 3 rings (SSSR count). The van der Waals surface area contributed by atoms with Gasteiger partial charge in [0.1, 0.15) is 6.07 Å². The highest BCUT2D eigenvalue weighted by atomic mass is 16.5. The Kier molecular flexibility index (Phi) is 5.36. The largest absolute Gasteiger partial charge is 0.374 e. The first-order valence-electron chi connectivity index (χ1n) is 8.00. The molecule has 8 nitrogen and oxygen atoms in total. The Morgan fingerprint density at radius 1 is 1.46 bits per heavy atom. The van der Waals surface area contributed by atoms with Crippen molar-refractivity contribution in [3.05, 3.63) is 36.3 Å². The fraction of sp³-hybridized carbons (Fsp3) is 0.500. The van der Waals surface area contributed by atoms with Gasteiger partial charge in [-0.25, -0.2) is 0 Å². The standard InChI is InChI=1S/C16H21N7O/c1-21(16-3-2-4-18-20-16)12-15-13-22(7-8-24-15)5-6-23-11-14(9-17)10-19-23/h2-4,10-11,15H,5-8,12-13H2,1H3/t15-/m1/s1. The number of aromatic nitrogens is 4. The smallest absolute Gasteiger partial charge is 0.151 e. The molecule has 0 radical (unpaired) electrons. The van der Waals surface area contributed by atoms with E-state index in [0.29, 0.717) is 5.56 Å². The van der Waals surface area contributed by atoms with E-state index in [1.165, 1.54) is 0 Å². The van der Waals surface area contributed by atoms with E-state index in [0.717, 1.165) is 45.1 Å². The molecule has 0 N–H and O–H groups in total. The van der Waals surface area contributed by atoms with Gasteiger partial charge in [0.15, 0.2) is 5.82 Å². The molecule has 0 bridgehead atoms. The van der Waals surface area contributed by atoms with Crippen LogP contribution in [0.3, 0.4) is 0 Å². The predicted octanol–water partition coefficient (Wildman–Crippen LogP) is 0.382. The van der Waals surface area contributed by atoms with Crippen LogP contribution in [0.4, 0.5) is 5.82 Å². The van der Waals surface area contributed by atoms with Crippen molar-refractivity contribution in [2.24, 2.45) is 0 Å². The van der Waals surface area contributed by atoms with E-state index in [4.69, 9.17) is 10.00 Å². The van der Waals surface area contributed by atoms with Crippen molar-refractivity contribution in [2.75, 3.05) is 44.7 Å². The van der Waals surface area contributed by atoms with Gasteiger partial charge in [0.05, 0.1) is 31.0 Å². The first kappa shape index (κ1) is 16.4. The van der Waals surface area contributed by atoms with Crippen LogP contribution in [0.1, 0.15) is 5.56 Å². The van der Waals surface area contributed by atoms with E-state index < -0.39 is 0 Å². The van der Waals surface area contributed by atoms with E-state index in [9.17, 15) is 0 Å². The Morgan fingerprint density at radius 3 is 3.12 bits per heavy atom. The van der Waals surface area contributed by atoms with Gasteiger partial charge < -0.3 is 9.64 Å². The molecule has 2 aromatic heterocycles. The number of morpholine rings is 1. The van der Waals surface area contributed by atoms with E-state index in [1.54, 1.807) is 18.6 Å². The number of hydrogen-bond acceptors (Lipinski definition) is 7. The first-order chi connectivity index (χ1) is 11.7. The minimum absolute atomic E-state index is 0.137. The third kappa shape index (κ3) is 4.28. The van der Waals surface area contributed by atoms with Gasteiger partial charge in [-0.2, -0.15) is 15.5 Å². The number of likely N-dealkylation sites (N-methyl/N-ethyl adjacent to an activating group) is 1. The maximum atomic E-state index is 8.84. The maximum absolute atomic E-state index is 8.84. The van der Waals surface area contributed by atoms with Crippen LogP contribution in [-0.2, 0) is 11.3 Å². The van der Waals surface area contributed by atoms with Gasteiger partial charge in [-0.3, -0.25) is 9.58 Å². The van der Waals surface area contributed by atoms with Crippen LogP contribution < -0.4 is 4.90 Å². The topological polar surface area (TPSA) is 83.1 Å². The van der Waals surface area contributed by atoms with Crippen LogP contribution in [0.15, 0.2) is 30.7 Å². The first-order valence-corrected chi connectivity index (χ1v) is 8.00. The van der Waals surface area contributed by atoms with Crippen molar-refractivity contribution in [1.29, 1.82) is 5.26 Å². The second-order valence-corrected chi connectivity index (χ2v) is 5.86. The lowest BCUT2D eigenvalue weighted by atomic mass is 10.2. The molecule has 1 atom stereocenters. The molecule has 0 saturated carbocycles. The number of anilines is 1. The summed E-state index contributed by atoms with van der Waals surface area (Å²) < 4.78 is 7.69. The molecule has 3 heterocycles. The molecule has 0 spiro atoms. The van der Waals surface area contributed by atoms with Crippen LogP contribution in [-0.4, -0.2) is 70.8 Å². The van der Waals surface area contributed by atoms with Crippen molar-refractivity contribution in [2.45, 2.75) is 12.6 Å². The van der Waals surface area contributed by atoms with Crippen LogP contribution in [0, 0.1) is 11.3 Å². The summed E-state index contributed by atoms with van der Waals surface area (Å²) >= 11 is 0. The van der Waals surface area contributed by atoms with Gasteiger partial charge in [0, 0.05) is 45.6 Å². The van der Waals surface area contributed by atoms with Gasteiger partial charge in [0.2, 0.25) is 0 Å². The molecule has 0 unspecified atom stereocenters. The molecule has 8 heteroatoms. The zero-order chi connectivity index (χ0) is 16.8. The predicted molar refractivity (Wildman–Crippen MR) is 88.4 cm³/mol. The quantitative estimate of drug-likeness (QED) is 0.758. The van der Waals surface area contributed by atoms with Crippen molar-refractivity contribution in [3.8, 4) is 6.07 Å². The SMILES string of the molecule is CN(C[C@@H]1CN(CCn2cc(C#N)cn2)CCO1)c1cccnn1. The fourth-order valence-electron chi connectivity index (χ4n) is 2.78. The van der Waals surface area contributed by atoms with Crippen molar-refractivity contribution in [3.63, 3.8) is 0 Å². The van der Waals surface area contributed by atoms with Crippen molar-refractivity contribution >= 4 is 5.82 Å². The fourth-order valence-corrected chi connectivity index (χ4v) is 2.78. The van der Waals surface area contributed by atoms with Gasteiger partial charge in [-0.1, -0.05) is 0 Å². The zero-order valence-electron chi connectivity index (χ0n) is 13.7. The van der Waals surface area contributed by atoms with Gasteiger partial charge in [-0.15, -0.1) is 5.10 Å². The summed E-state index contributed by atoms with van der Waals surface area (Å²) in [6.45, 7) is 4.95. The average molecular weight is 327 g/mol. The van der Waals surface area contributed by atoms with E-state index in [2.05, 4.69) is 31.2 Å². The third-order valence-electron chi connectivity index (χ3n) is 4.06. The molecule has 0 aromatic carbocycles. The Balaban J connectivity index is 1.48. The molecular weight excluding hydrogens is 306 g/mol. The van der Waals surface area contributed by atoms with Crippen LogP contribution in [0.5, 0.6) is 0 Å². The van der Waals surface area contributed by atoms with Crippen LogP contribution >= 0.6 is 0 Å². The molecule has 1 saturated heterocycles. The maximum Gasteiger partial charge on any atom is 0.151 e. The Hall–Kier alpha value is -2.50. The zero-order valence-corrected chi connectivity index (χ0v) is 13.7.